The summed E-state index contributed by atoms with van der Waals surface area (Å²) >= 11 is 3.46. The van der Waals surface area contributed by atoms with Crippen molar-refractivity contribution in [3.8, 4) is 0 Å². The summed E-state index contributed by atoms with van der Waals surface area (Å²) in [6.07, 6.45) is 2.32. The predicted octanol–water partition coefficient (Wildman–Crippen LogP) is 3.60. The molecule has 110 valence electrons. The third-order valence-corrected chi connectivity index (χ3v) is 4.48. The molecule has 2 heterocycles. The molecule has 3 nitrogen and oxygen atoms in total. The van der Waals surface area contributed by atoms with Gasteiger partial charge in [0.1, 0.15) is 0 Å². The van der Waals surface area contributed by atoms with Crippen LogP contribution in [-0.4, -0.2) is 22.3 Å². The molecule has 4 heteroatoms. The molecule has 1 aliphatic heterocycles. The summed E-state index contributed by atoms with van der Waals surface area (Å²) in [5.74, 6) is 0.249. The average molecular weight is 347 g/mol. The van der Waals surface area contributed by atoms with Crippen molar-refractivity contribution in [3.63, 3.8) is 0 Å². The van der Waals surface area contributed by atoms with Crippen molar-refractivity contribution in [2.75, 3.05) is 6.54 Å². The lowest BCUT2D eigenvalue weighted by Crippen LogP contribution is -2.35. The number of H-pyrrole nitrogens is 1. The molecular formula is C17H19BrN2O. The molecule has 0 atom stereocenters. The zero-order valence-corrected chi connectivity index (χ0v) is 13.7. The fraction of sp³-hybridized carbons (Fsp3) is 0.353. The summed E-state index contributed by atoms with van der Waals surface area (Å²) in [6, 6.07) is 10.5. The smallest absolute Gasteiger partial charge is 0.223 e. The summed E-state index contributed by atoms with van der Waals surface area (Å²) in [6.45, 7) is 3.62. The molecule has 0 fully saturated rings. The highest BCUT2D eigenvalue weighted by Gasteiger charge is 2.21. The van der Waals surface area contributed by atoms with Crippen LogP contribution in [0.4, 0.5) is 0 Å². The SMILES string of the molecule is Cc1ccc(CCC(=O)N2CCc3[nH]c(Br)cc3C2)cc1. The third-order valence-electron chi connectivity index (χ3n) is 4.05. The second kappa shape index (κ2) is 6.06. The zero-order valence-electron chi connectivity index (χ0n) is 12.2. The fourth-order valence-corrected chi connectivity index (χ4v) is 3.29. The largest absolute Gasteiger partial charge is 0.353 e. The molecule has 0 radical (unpaired) electrons. The Morgan fingerprint density at radius 2 is 2.10 bits per heavy atom. The Bertz CT molecular complexity index is 645. The first-order valence-corrected chi connectivity index (χ1v) is 8.11. The van der Waals surface area contributed by atoms with E-state index in [0.29, 0.717) is 6.42 Å². The highest BCUT2D eigenvalue weighted by atomic mass is 79.9. The maximum absolute atomic E-state index is 12.4. The number of fused-ring (bicyclic) bond motifs is 1. The number of hydrogen-bond acceptors (Lipinski definition) is 1. The molecule has 0 saturated carbocycles. The number of benzene rings is 1. The maximum atomic E-state index is 12.4. The lowest BCUT2D eigenvalue weighted by atomic mass is 10.1. The lowest BCUT2D eigenvalue weighted by molar-refractivity contribution is -0.132. The lowest BCUT2D eigenvalue weighted by Gasteiger charge is -2.27. The first kappa shape index (κ1) is 14.4. The number of nitrogens with one attached hydrogen (secondary N) is 1. The molecule has 0 saturated heterocycles. The Balaban J connectivity index is 1.58. The van der Waals surface area contributed by atoms with E-state index >= 15 is 0 Å². The van der Waals surface area contributed by atoms with E-state index in [1.807, 2.05) is 4.90 Å². The summed E-state index contributed by atoms with van der Waals surface area (Å²) in [4.78, 5) is 17.6. The van der Waals surface area contributed by atoms with Crippen molar-refractivity contribution in [1.82, 2.24) is 9.88 Å². The number of rotatable bonds is 3. The van der Waals surface area contributed by atoms with E-state index in [0.717, 1.165) is 30.5 Å². The Morgan fingerprint density at radius 1 is 1.33 bits per heavy atom. The van der Waals surface area contributed by atoms with Gasteiger partial charge in [-0.2, -0.15) is 0 Å². The van der Waals surface area contributed by atoms with Crippen molar-refractivity contribution in [2.24, 2.45) is 0 Å². The van der Waals surface area contributed by atoms with Gasteiger partial charge in [0, 0.05) is 31.6 Å². The van der Waals surface area contributed by atoms with E-state index in [1.165, 1.54) is 22.4 Å². The van der Waals surface area contributed by atoms with E-state index in [4.69, 9.17) is 0 Å². The van der Waals surface area contributed by atoms with Gasteiger partial charge in [0.2, 0.25) is 5.91 Å². The molecule has 0 spiro atoms. The molecule has 1 aromatic carbocycles. The zero-order chi connectivity index (χ0) is 14.8. The second-order valence-electron chi connectivity index (χ2n) is 5.67. The molecular weight excluding hydrogens is 328 g/mol. The van der Waals surface area contributed by atoms with Crippen molar-refractivity contribution in [2.45, 2.75) is 32.7 Å². The van der Waals surface area contributed by atoms with Crippen LogP contribution in [0.15, 0.2) is 34.9 Å². The minimum atomic E-state index is 0.249. The number of aromatic nitrogens is 1. The van der Waals surface area contributed by atoms with Crippen LogP contribution in [-0.2, 0) is 24.2 Å². The Morgan fingerprint density at radius 3 is 2.86 bits per heavy atom. The van der Waals surface area contributed by atoms with E-state index in [1.54, 1.807) is 0 Å². The quantitative estimate of drug-likeness (QED) is 0.905. The molecule has 1 amide bonds. The summed E-state index contributed by atoms with van der Waals surface area (Å²) < 4.78 is 1.00. The molecule has 0 aliphatic carbocycles. The van der Waals surface area contributed by atoms with Crippen LogP contribution in [0.1, 0.15) is 28.8 Å². The van der Waals surface area contributed by atoms with Gasteiger partial charge in [-0.15, -0.1) is 0 Å². The number of halogens is 1. The van der Waals surface area contributed by atoms with Crippen LogP contribution in [0, 0.1) is 6.92 Å². The number of carbonyl (C=O) groups is 1. The van der Waals surface area contributed by atoms with Gasteiger partial charge in [-0.25, -0.2) is 0 Å². The van der Waals surface area contributed by atoms with E-state index in [9.17, 15) is 4.79 Å². The van der Waals surface area contributed by atoms with Gasteiger partial charge in [0.25, 0.3) is 0 Å². The normalized spacial score (nSPS) is 14.1. The van der Waals surface area contributed by atoms with Gasteiger partial charge in [-0.3, -0.25) is 4.79 Å². The Labute approximate surface area is 133 Å². The standard InChI is InChI=1S/C17H19BrN2O/c1-12-2-4-13(5-3-12)6-7-17(21)20-9-8-15-14(11-20)10-16(18)19-15/h2-5,10,19H,6-9,11H2,1H3. The maximum Gasteiger partial charge on any atom is 0.223 e. The first-order valence-electron chi connectivity index (χ1n) is 7.31. The van der Waals surface area contributed by atoms with E-state index in [2.05, 4.69) is 58.2 Å². The van der Waals surface area contributed by atoms with Gasteiger partial charge in [0.15, 0.2) is 0 Å². The fourth-order valence-electron chi connectivity index (χ4n) is 2.77. The molecule has 1 aliphatic rings. The van der Waals surface area contributed by atoms with Gasteiger partial charge >= 0.3 is 0 Å². The molecule has 0 unspecified atom stereocenters. The topological polar surface area (TPSA) is 36.1 Å². The summed E-state index contributed by atoms with van der Waals surface area (Å²) in [7, 11) is 0. The first-order chi connectivity index (χ1) is 10.1. The van der Waals surface area contributed by atoms with Gasteiger partial charge in [0.05, 0.1) is 4.60 Å². The molecule has 1 N–H and O–H groups in total. The highest BCUT2D eigenvalue weighted by Crippen LogP contribution is 2.23. The number of aryl methyl sites for hydroxylation is 2. The minimum absolute atomic E-state index is 0.249. The van der Waals surface area contributed by atoms with Crippen LogP contribution in [0.2, 0.25) is 0 Å². The van der Waals surface area contributed by atoms with Gasteiger partial charge in [-0.05, 0) is 46.5 Å². The van der Waals surface area contributed by atoms with Crippen molar-refractivity contribution in [3.05, 3.63) is 57.3 Å². The summed E-state index contributed by atoms with van der Waals surface area (Å²) in [5, 5.41) is 0. The molecule has 21 heavy (non-hydrogen) atoms. The predicted molar refractivity (Wildman–Crippen MR) is 87.1 cm³/mol. The van der Waals surface area contributed by atoms with Crippen molar-refractivity contribution in [1.29, 1.82) is 0 Å². The monoisotopic (exact) mass is 346 g/mol. The molecule has 0 bridgehead atoms. The number of hydrogen-bond donors (Lipinski definition) is 1. The van der Waals surface area contributed by atoms with Crippen molar-refractivity contribution >= 4 is 21.8 Å². The number of nitrogens with zero attached hydrogens (tertiary/aromatic N) is 1. The average Bonchev–Trinajstić information content (AvgIpc) is 2.85. The van der Waals surface area contributed by atoms with Crippen LogP contribution >= 0.6 is 15.9 Å². The van der Waals surface area contributed by atoms with Crippen LogP contribution in [0.5, 0.6) is 0 Å². The van der Waals surface area contributed by atoms with Crippen LogP contribution in [0.25, 0.3) is 0 Å². The summed E-state index contributed by atoms with van der Waals surface area (Å²) in [5.41, 5.74) is 4.98. The number of amides is 1. The molecule has 3 rings (SSSR count). The highest BCUT2D eigenvalue weighted by molar-refractivity contribution is 9.10. The van der Waals surface area contributed by atoms with E-state index in [-0.39, 0.29) is 5.91 Å². The molecule has 2 aromatic rings. The van der Waals surface area contributed by atoms with Gasteiger partial charge < -0.3 is 9.88 Å². The van der Waals surface area contributed by atoms with Crippen LogP contribution in [0.3, 0.4) is 0 Å². The van der Waals surface area contributed by atoms with Crippen molar-refractivity contribution < 1.29 is 4.79 Å². The van der Waals surface area contributed by atoms with E-state index < -0.39 is 0 Å². The second-order valence-corrected chi connectivity index (χ2v) is 6.53. The minimum Gasteiger partial charge on any atom is -0.353 e. The van der Waals surface area contributed by atoms with Crippen LogP contribution < -0.4 is 0 Å². The molecule has 1 aromatic heterocycles. The third kappa shape index (κ3) is 3.38. The Hall–Kier alpha value is -1.55. The van der Waals surface area contributed by atoms with Gasteiger partial charge in [-0.1, -0.05) is 29.8 Å². The number of carbonyl (C=O) groups excluding carboxylic acids is 1. The number of aromatic amines is 1. The Kier molecular flexibility index (Phi) is 4.15.